The summed E-state index contributed by atoms with van der Waals surface area (Å²) >= 11 is 0. The summed E-state index contributed by atoms with van der Waals surface area (Å²) < 4.78 is 65.5. The fraction of sp³-hybridized carbons (Fsp3) is 0.259. The van der Waals surface area contributed by atoms with Crippen molar-refractivity contribution in [2.75, 3.05) is 34.2 Å². The van der Waals surface area contributed by atoms with Gasteiger partial charge in [-0.2, -0.15) is 8.42 Å². The number of phenols is 1. The Morgan fingerprint density at radius 2 is 1.51 bits per heavy atom. The van der Waals surface area contributed by atoms with E-state index in [1.165, 1.54) is 45.6 Å². The fourth-order valence-electron chi connectivity index (χ4n) is 3.67. The van der Waals surface area contributed by atoms with Gasteiger partial charge in [0.25, 0.3) is 0 Å². The quantitative estimate of drug-likeness (QED) is 0.267. The lowest BCUT2D eigenvalue weighted by Gasteiger charge is -2.20. The van der Waals surface area contributed by atoms with Gasteiger partial charge < -0.3 is 28.2 Å². The minimum absolute atomic E-state index is 0.0532. The van der Waals surface area contributed by atoms with Crippen LogP contribution in [0.2, 0.25) is 0 Å². The molecule has 1 N–H and O–H groups in total. The van der Waals surface area contributed by atoms with Crippen LogP contribution in [0.4, 0.5) is 4.39 Å². The van der Waals surface area contributed by atoms with E-state index in [0.717, 1.165) is 11.8 Å². The van der Waals surface area contributed by atoms with Crippen molar-refractivity contribution in [3.05, 3.63) is 59.9 Å². The molecule has 0 amide bonds. The van der Waals surface area contributed by atoms with Crippen LogP contribution in [0.15, 0.2) is 54.1 Å². The third-order valence-corrected chi connectivity index (χ3v) is 5.80. The van der Waals surface area contributed by atoms with Crippen LogP contribution in [-0.4, -0.2) is 47.7 Å². The Bertz CT molecular complexity index is 1410. The van der Waals surface area contributed by atoms with Gasteiger partial charge in [-0.15, -0.1) is 0 Å². The molecule has 3 aromatic carbocycles. The van der Waals surface area contributed by atoms with Crippen LogP contribution in [0.1, 0.15) is 13.8 Å². The first-order valence-corrected chi connectivity index (χ1v) is 12.9. The molecule has 0 aromatic heterocycles. The molecule has 0 saturated carbocycles. The van der Waals surface area contributed by atoms with Crippen molar-refractivity contribution in [2.24, 2.45) is 0 Å². The van der Waals surface area contributed by atoms with Gasteiger partial charge in [0.2, 0.25) is 0 Å². The van der Waals surface area contributed by atoms with E-state index in [9.17, 15) is 13.5 Å². The second kappa shape index (κ2) is 11.4. The number of hydrogen-bond acceptors (Lipinski definition) is 8. The van der Waals surface area contributed by atoms with Gasteiger partial charge in [0, 0.05) is 0 Å². The van der Waals surface area contributed by atoms with Crippen LogP contribution in [0.3, 0.4) is 0 Å². The third kappa shape index (κ3) is 6.26. The van der Waals surface area contributed by atoms with E-state index in [1.807, 2.05) is 19.9 Å². The molecule has 198 valence electrons. The van der Waals surface area contributed by atoms with E-state index in [-0.39, 0.29) is 34.1 Å². The Balaban J connectivity index is 2.14. The van der Waals surface area contributed by atoms with Gasteiger partial charge in [-0.05, 0) is 55.3 Å². The van der Waals surface area contributed by atoms with Crippen molar-refractivity contribution < 1.29 is 41.0 Å². The Morgan fingerprint density at radius 3 is 2.05 bits per heavy atom. The zero-order valence-corrected chi connectivity index (χ0v) is 22.2. The number of halogens is 1. The summed E-state index contributed by atoms with van der Waals surface area (Å²) in [6.07, 6.45) is 2.84. The van der Waals surface area contributed by atoms with Gasteiger partial charge in [0.15, 0.2) is 34.6 Å². The van der Waals surface area contributed by atoms with Crippen molar-refractivity contribution in [1.82, 2.24) is 0 Å². The number of ether oxygens (including phenoxy) is 4. The van der Waals surface area contributed by atoms with E-state index in [0.29, 0.717) is 29.2 Å². The monoisotopic (exact) mass is 532 g/mol. The Hall–Kier alpha value is -3.92. The molecule has 0 heterocycles. The molecule has 37 heavy (non-hydrogen) atoms. The van der Waals surface area contributed by atoms with E-state index >= 15 is 4.39 Å². The molecule has 0 fully saturated rings. The molecule has 0 aliphatic carbocycles. The number of aromatic hydroxyl groups is 1. The number of hydrogen-bond donors (Lipinski definition) is 1. The molecule has 0 aliphatic heterocycles. The minimum atomic E-state index is -3.73. The molecule has 10 heteroatoms. The standard InChI is InChI=1S/C27H29FO8S/c1-16(2)13-14-35-20-12-9-18(15-21(20)32-3)23-25(29)27(34-5)22(24(28)26(23)33-4)17-7-10-19(11-8-17)36-37(6,30)31/h7-13,15,29H,14H2,1-6H3. The first kappa shape index (κ1) is 27.7. The number of phenolic OH excluding ortho intramolecular Hbond substituents is 1. The van der Waals surface area contributed by atoms with Crippen molar-refractivity contribution >= 4 is 10.1 Å². The van der Waals surface area contributed by atoms with Crippen LogP contribution >= 0.6 is 0 Å². The molecular formula is C27H29FO8S. The van der Waals surface area contributed by atoms with E-state index in [1.54, 1.807) is 18.2 Å². The van der Waals surface area contributed by atoms with Crippen molar-refractivity contribution in [2.45, 2.75) is 13.8 Å². The van der Waals surface area contributed by atoms with Crippen LogP contribution in [0.25, 0.3) is 22.3 Å². The van der Waals surface area contributed by atoms with Crippen molar-refractivity contribution in [3.63, 3.8) is 0 Å². The Morgan fingerprint density at radius 1 is 0.892 bits per heavy atom. The Labute approximate surface area is 216 Å². The highest BCUT2D eigenvalue weighted by Gasteiger charge is 2.28. The smallest absolute Gasteiger partial charge is 0.306 e. The lowest BCUT2D eigenvalue weighted by molar-refractivity contribution is 0.326. The van der Waals surface area contributed by atoms with Gasteiger partial charge in [-0.25, -0.2) is 4.39 Å². The number of allylic oxidation sites excluding steroid dienone is 1. The van der Waals surface area contributed by atoms with Crippen LogP contribution in [0.5, 0.6) is 34.5 Å². The molecular weight excluding hydrogens is 503 g/mol. The summed E-state index contributed by atoms with van der Waals surface area (Å²) in [5.41, 5.74) is 1.80. The highest BCUT2D eigenvalue weighted by Crippen LogP contribution is 2.52. The zero-order valence-electron chi connectivity index (χ0n) is 21.4. The fourth-order valence-corrected chi connectivity index (χ4v) is 4.13. The summed E-state index contributed by atoms with van der Waals surface area (Å²) in [6.45, 7) is 4.27. The van der Waals surface area contributed by atoms with Crippen LogP contribution in [0, 0.1) is 5.82 Å². The summed E-state index contributed by atoms with van der Waals surface area (Å²) in [4.78, 5) is 0. The summed E-state index contributed by atoms with van der Waals surface area (Å²) in [5, 5.41) is 11.2. The molecule has 0 spiro atoms. The van der Waals surface area contributed by atoms with Gasteiger partial charge in [0.05, 0.1) is 38.7 Å². The van der Waals surface area contributed by atoms with Crippen molar-refractivity contribution in [1.29, 1.82) is 0 Å². The first-order valence-electron chi connectivity index (χ1n) is 11.1. The molecule has 3 aromatic rings. The van der Waals surface area contributed by atoms with Gasteiger partial charge >= 0.3 is 10.1 Å². The SMILES string of the molecule is COc1cc(-c2c(O)c(OC)c(-c3ccc(OS(C)(=O)=O)cc3)c(F)c2OC)ccc1OCC=C(C)C. The molecule has 0 unspecified atom stereocenters. The maximum Gasteiger partial charge on any atom is 0.306 e. The van der Waals surface area contributed by atoms with Crippen LogP contribution in [-0.2, 0) is 10.1 Å². The first-order chi connectivity index (χ1) is 17.5. The molecule has 0 radical (unpaired) electrons. The molecule has 0 saturated heterocycles. The highest BCUT2D eigenvalue weighted by molar-refractivity contribution is 7.86. The molecule has 0 atom stereocenters. The summed E-state index contributed by atoms with van der Waals surface area (Å²) in [5.74, 6) is -0.580. The molecule has 0 bridgehead atoms. The lowest BCUT2D eigenvalue weighted by Crippen LogP contribution is -2.05. The van der Waals surface area contributed by atoms with E-state index < -0.39 is 15.9 Å². The molecule has 0 aliphatic rings. The van der Waals surface area contributed by atoms with Crippen molar-refractivity contribution in [3.8, 4) is 56.8 Å². The lowest BCUT2D eigenvalue weighted by atomic mass is 9.95. The maximum atomic E-state index is 15.9. The van der Waals surface area contributed by atoms with E-state index in [4.69, 9.17) is 23.1 Å². The predicted octanol–water partition coefficient (Wildman–Crippen LogP) is 5.57. The highest BCUT2D eigenvalue weighted by atomic mass is 32.2. The average Bonchev–Trinajstić information content (AvgIpc) is 2.84. The summed E-state index contributed by atoms with van der Waals surface area (Å²) in [7, 11) is 0.338. The predicted molar refractivity (Wildman–Crippen MR) is 139 cm³/mol. The largest absolute Gasteiger partial charge is 0.504 e. The molecule has 8 nitrogen and oxygen atoms in total. The number of methoxy groups -OCH3 is 3. The minimum Gasteiger partial charge on any atom is -0.504 e. The average molecular weight is 533 g/mol. The molecule has 3 rings (SSSR count). The Kier molecular flexibility index (Phi) is 8.54. The number of rotatable bonds is 10. The zero-order chi connectivity index (χ0) is 27.3. The van der Waals surface area contributed by atoms with Gasteiger partial charge in [-0.1, -0.05) is 23.8 Å². The maximum absolute atomic E-state index is 15.9. The third-order valence-electron chi connectivity index (χ3n) is 5.31. The summed E-state index contributed by atoms with van der Waals surface area (Å²) in [6, 6.07) is 10.5. The van der Waals surface area contributed by atoms with Gasteiger partial charge in [-0.3, -0.25) is 0 Å². The second-order valence-corrected chi connectivity index (χ2v) is 9.82. The van der Waals surface area contributed by atoms with Crippen LogP contribution < -0.4 is 23.1 Å². The van der Waals surface area contributed by atoms with E-state index in [2.05, 4.69) is 0 Å². The number of benzene rings is 3. The second-order valence-electron chi connectivity index (χ2n) is 8.25. The topological polar surface area (TPSA) is 101 Å². The normalized spacial score (nSPS) is 11.0. The van der Waals surface area contributed by atoms with Gasteiger partial charge in [0.1, 0.15) is 12.4 Å².